The van der Waals surface area contributed by atoms with Gasteiger partial charge in [0.25, 0.3) is 0 Å². The van der Waals surface area contributed by atoms with Crippen molar-refractivity contribution in [2.24, 2.45) is 5.92 Å². The number of nitrogens with one attached hydrogen (secondary N) is 2. The van der Waals surface area contributed by atoms with Gasteiger partial charge in [0.2, 0.25) is 0 Å². The van der Waals surface area contributed by atoms with Crippen LogP contribution in [0.3, 0.4) is 0 Å². The van der Waals surface area contributed by atoms with Gasteiger partial charge in [0.15, 0.2) is 0 Å². The van der Waals surface area contributed by atoms with Crippen molar-refractivity contribution in [3.05, 3.63) is 48.5 Å². The molecule has 2 unspecified atom stereocenters. The molecule has 1 aromatic heterocycles. The third-order valence-electron chi connectivity index (χ3n) is 3.92. The third kappa shape index (κ3) is 5.32. The Morgan fingerprint density at radius 2 is 1.85 bits per heavy atom. The highest BCUT2D eigenvalue weighted by molar-refractivity contribution is 5.76. The van der Waals surface area contributed by atoms with Crippen LogP contribution in [0.4, 0.5) is 5.69 Å². The summed E-state index contributed by atoms with van der Waals surface area (Å²) in [6.07, 6.45) is 3.37. The van der Waals surface area contributed by atoms with E-state index in [2.05, 4.69) is 15.7 Å². The Hall–Kier alpha value is -2.87. The minimum Gasteiger partial charge on any atom is -0.481 e. The van der Waals surface area contributed by atoms with Crippen LogP contribution in [-0.2, 0) is 9.59 Å². The summed E-state index contributed by atoms with van der Waals surface area (Å²) in [5, 5.41) is 21.8. The summed E-state index contributed by atoms with van der Waals surface area (Å²) in [5.74, 6) is -2.80. The van der Waals surface area contributed by atoms with E-state index in [0.717, 1.165) is 5.69 Å². The van der Waals surface area contributed by atoms with Crippen molar-refractivity contribution in [1.29, 1.82) is 0 Å². The van der Waals surface area contributed by atoms with Crippen LogP contribution in [0.15, 0.2) is 42.9 Å². The minimum absolute atomic E-state index is 0.0127. The number of nitrogens with zero attached hydrogens (tertiary/aromatic N) is 2. The molecule has 140 valence electrons. The van der Waals surface area contributed by atoms with Gasteiger partial charge in [0.1, 0.15) is 18.3 Å². The number of carboxylic acids is 2. The first-order chi connectivity index (χ1) is 12.4. The van der Waals surface area contributed by atoms with Crippen molar-refractivity contribution in [1.82, 2.24) is 15.0 Å². The summed E-state index contributed by atoms with van der Waals surface area (Å²) in [4.78, 5) is 27.1. The average molecular weight is 360 g/mol. The molecular formula is C18H24N4O4. The zero-order chi connectivity index (χ0) is 19.1. The van der Waals surface area contributed by atoms with E-state index >= 15 is 0 Å². The highest BCUT2D eigenvalue weighted by Crippen LogP contribution is 2.17. The van der Waals surface area contributed by atoms with Crippen LogP contribution in [0.2, 0.25) is 0 Å². The lowest BCUT2D eigenvalue weighted by molar-refractivity contribution is -0.142. The van der Waals surface area contributed by atoms with Gasteiger partial charge >= 0.3 is 11.9 Å². The first-order valence-electron chi connectivity index (χ1n) is 8.41. The van der Waals surface area contributed by atoms with Crippen molar-refractivity contribution >= 4 is 17.6 Å². The minimum atomic E-state index is -1.05. The monoisotopic (exact) mass is 360 g/mol. The number of carbonyl (C=O) groups is 2. The fraction of sp³-hybridized carbons (Fsp3) is 0.389. The first-order valence-corrected chi connectivity index (χ1v) is 8.41. The van der Waals surface area contributed by atoms with E-state index in [0.29, 0.717) is 12.1 Å². The molecule has 4 N–H and O–H groups in total. The largest absolute Gasteiger partial charge is 0.481 e. The number of hydrogen-bond donors (Lipinski definition) is 4. The van der Waals surface area contributed by atoms with Gasteiger partial charge < -0.3 is 15.5 Å². The average Bonchev–Trinajstić information content (AvgIpc) is 3.02. The second-order valence-corrected chi connectivity index (χ2v) is 6.49. The molecule has 0 bridgehead atoms. The van der Waals surface area contributed by atoms with Gasteiger partial charge in [-0.3, -0.25) is 15.0 Å². The van der Waals surface area contributed by atoms with Gasteiger partial charge in [-0.2, -0.15) is 0 Å². The number of imidazole rings is 1. The number of aromatic nitrogens is 2. The molecule has 0 fully saturated rings. The molecule has 2 atom stereocenters. The van der Waals surface area contributed by atoms with Gasteiger partial charge in [-0.25, -0.2) is 9.66 Å². The Morgan fingerprint density at radius 3 is 2.42 bits per heavy atom. The first kappa shape index (κ1) is 19.5. The second-order valence-electron chi connectivity index (χ2n) is 6.49. The van der Waals surface area contributed by atoms with Crippen molar-refractivity contribution in [3.8, 4) is 0 Å². The molecule has 0 aliphatic rings. The fourth-order valence-electron chi connectivity index (χ4n) is 2.63. The number of carboxylic acid groups (broad SMARTS) is 2. The van der Waals surface area contributed by atoms with Crippen molar-refractivity contribution in [2.45, 2.75) is 32.2 Å². The van der Waals surface area contributed by atoms with Crippen molar-refractivity contribution in [2.75, 3.05) is 12.0 Å². The SMILES string of the molecule is CC(C)CC(NCC(C(=O)O)c1cncn1Nc1ccccc1)C(=O)O. The molecule has 2 rings (SSSR count). The van der Waals surface area contributed by atoms with Crippen LogP contribution in [0.5, 0.6) is 0 Å². The Bertz CT molecular complexity index is 730. The lowest BCUT2D eigenvalue weighted by Gasteiger charge is -2.21. The van der Waals surface area contributed by atoms with E-state index in [4.69, 9.17) is 0 Å². The normalized spacial score (nSPS) is 13.3. The van der Waals surface area contributed by atoms with Crippen molar-refractivity contribution in [3.63, 3.8) is 0 Å². The predicted molar refractivity (Wildman–Crippen MR) is 96.9 cm³/mol. The lowest BCUT2D eigenvalue weighted by Crippen LogP contribution is -2.41. The van der Waals surface area contributed by atoms with Crippen LogP contribution in [0, 0.1) is 5.92 Å². The van der Waals surface area contributed by atoms with E-state index in [1.165, 1.54) is 17.2 Å². The van der Waals surface area contributed by atoms with E-state index in [-0.39, 0.29) is 12.5 Å². The molecule has 0 saturated heterocycles. The Morgan fingerprint density at radius 1 is 1.15 bits per heavy atom. The maximum atomic E-state index is 11.8. The molecule has 1 aromatic carbocycles. The number of hydrogen-bond acceptors (Lipinski definition) is 5. The molecule has 0 amide bonds. The van der Waals surface area contributed by atoms with Crippen LogP contribution < -0.4 is 10.7 Å². The van der Waals surface area contributed by atoms with Gasteiger partial charge in [0, 0.05) is 6.54 Å². The molecular weight excluding hydrogens is 336 g/mol. The van der Waals surface area contributed by atoms with E-state index in [9.17, 15) is 19.8 Å². The number of aliphatic carboxylic acids is 2. The number of para-hydroxylation sites is 1. The molecule has 8 heteroatoms. The summed E-state index contributed by atoms with van der Waals surface area (Å²) in [7, 11) is 0. The Labute approximate surface area is 151 Å². The molecule has 0 aliphatic carbocycles. The van der Waals surface area contributed by atoms with E-state index in [1.54, 1.807) is 0 Å². The molecule has 26 heavy (non-hydrogen) atoms. The summed E-state index contributed by atoms with van der Waals surface area (Å²) < 4.78 is 1.54. The smallest absolute Gasteiger partial charge is 0.320 e. The number of benzene rings is 1. The summed E-state index contributed by atoms with van der Waals surface area (Å²) in [5.41, 5.74) is 4.29. The summed E-state index contributed by atoms with van der Waals surface area (Å²) in [6, 6.07) is 8.50. The van der Waals surface area contributed by atoms with Gasteiger partial charge in [0.05, 0.1) is 17.6 Å². The zero-order valence-corrected chi connectivity index (χ0v) is 14.8. The van der Waals surface area contributed by atoms with Crippen LogP contribution in [0.25, 0.3) is 0 Å². The van der Waals surface area contributed by atoms with Gasteiger partial charge in [-0.1, -0.05) is 32.0 Å². The third-order valence-corrected chi connectivity index (χ3v) is 3.92. The lowest BCUT2D eigenvalue weighted by atomic mass is 10.0. The molecule has 1 heterocycles. The molecule has 8 nitrogen and oxygen atoms in total. The van der Waals surface area contributed by atoms with Gasteiger partial charge in [-0.15, -0.1) is 0 Å². The number of anilines is 1. The molecule has 2 aromatic rings. The topological polar surface area (TPSA) is 116 Å². The predicted octanol–water partition coefficient (Wildman–Crippen LogP) is 2.02. The van der Waals surface area contributed by atoms with E-state index in [1.807, 2.05) is 44.2 Å². The molecule has 0 saturated carbocycles. The van der Waals surface area contributed by atoms with E-state index < -0.39 is 23.9 Å². The van der Waals surface area contributed by atoms with Crippen LogP contribution in [0.1, 0.15) is 31.9 Å². The molecule has 0 radical (unpaired) electrons. The fourth-order valence-corrected chi connectivity index (χ4v) is 2.63. The number of rotatable bonds is 10. The summed E-state index contributed by atoms with van der Waals surface area (Å²) in [6.45, 7) is 3.83. The van der Waals surface area contributed by atoms with Crippen LogP contribution in [-0.4, -0.2) is 44.4 Å². The van der Waals surface area contributed by atoms with Crippen LogP contribution >= 0.6 is 0 Å². The zero-order valence-electron chi connectivity index (χ0n) is 14.8. The maximum Gasteiger partial charge on any atom is 0.320 e. The quantitative estimate of drug-likeness (QED) is 0.512. The maximum absolute atomic E-state index is 11.8. The second kappa shape index (κ2) is 9.00. The Kier molecular flexibility index (Phi) is 6.74. The van der Waals surface area contributed by atoms with Gasteiger partial charge in [-0.05, 0) is 24.5 Å². The highest BCUT2D eigenvalue weighted by atomic mass is 16.4. The molecule has 0 spiro atoms. The standard InChI is InChI=1S/C18H24N4O4/c1-12(2)8-15(18(25)26)20-9-14(17(23)24)16-10-19-11-22(16)21-13-6-4-3-5-7-13/h3-7,10-12,14-15,20-21H,8-9H2,1-2H3,(H,23,24)(H,25,26). The molecule has 0 aliphatic heterocycles. The van der Waals surface area contributed by atoms with Crippen molar-refractivity contribution < 1.29 is 19.8 Å². The highest BCUT2D eigenvalue weighted by Gasteiger charge is 2.27. The summed E-state index contributed by atoms with van der Waals surface area (Å²) >= 11 is 0. The Balaban J connectivity index is 2.14.